The third-order valence-corrected chi connectivity index (χ3v) is 3.04. The predicted molar refractivity (Wildman–Crippen MR) is 83.2 cm³/mol. The summed E-state index contributed by atoms with van der Waals surface area (Å²) in [7, 11) is 1.59. The molecule has 5 heteroatoms. The van der Waals surface area contributed by atoms with Gasteiger partial charge in [-0.1, -0.05) is 31.5 Å². The van der Waals surface area contributed by atoms with Gasteiger partial charge in [-0.05, 0) is 25.0 Å². The summed E-state index contributed by atoms with van der Waals surface area (Å²) in [4.78, 5) is 25.0. The van der Waals surface area contributed by atoms with Crippen LogP contribution in [-0.4, -0.2) is 38.6 Å². The third-order valence-electron chi connectivity index (χ3n) is 3.04. The van der Waals surface area contributed by atoms with Crippen molar-refractivity contribution < 1.29 is 14.3 Å². The van der Waals surface area contributed by atoms with Crippen LogP contribution in [-0.2, 0) is 14.3 Å². The summed E-state index contributed by atoms with van der Waals surface area (Å²) in [5, 5.41) is 2.61. The molecule has 0 bridgehead atoms. The highest BCUT2D eigenvalue weighted by Gasteiger charge is 2.18. The van der Waals surface area contributed by atoms with Gasteiger partial charge in [0.1, 0.15) is 0 Å². The largest absolute Gasteiger partial charge is 0.381 e. The van der Waals surface area contributed by atoms with E-state index in [0.717, 1.165) is 19.4 Å². The minimum absolute atomic E-state index is 0.444. The number of nitrogens with one attached hydrogen (secondary N) is 1. The number of carbonyl (C=O) groups excluding carboxylic acids is 2. The number of nitrogens with zero attached hydrogens (tertiary/aromatic N) is 1. The van der Waals surface area contributed by atoms with Gasteiger partial charge in [-0.2, -0.15) is 0 Å². The molecule has 0 aliphatic heterocycles. The molecule has 1 rings (SSSR count). The number of likely N-dealkylation sites (N-methyl/N-ethyl adjacent to an activating group) is 1. The molecule has 0 unspecified atom stereocenters. The zero-order valence-electron chi connectivity index (χ0n) is 12.8. The smallest absolute Gasteiger partial charge is 0.316 e. The van der Waals surface area contributed by atoms with E-state index in [1.165, 1.54) is 4.90 Å². The summed E-state index contributed by atoms with van der Waals surface area (Å²) in [5.41, 5.74) is 0.695. The number of ether oxygens (including phenoxy) is 1. The number of amides is 2. The van der Waals surface area contributed by atoms with Gasteiger partial charge in [0.25, 0.3) is 0 Å². The maximum atomic E-state index is 11.9. The molecule has 1 aromatic carbocycles. The van der Waals surface area contributed by atoms with E-state index in [9.17, 15) is 9.59 Å². The van der Waals surface area contributed by atoms with Gasteiger partial charge in [-0.3, -0.25) is 9.59 Å². The lowest BCUT2D eigenvalue weighted by Crippen LogP contribution is -2.41. The fraction of sp³-hybridized carbons (Fsp3) is 0.500. The molecule has 116 valence electrons. The van der Waals surface area contributed by atoms with Gasteiger partial charge in [-0.25, -0.2) is 0 Å². The predicted octanol–water partition coefficient (Wildman–Crippen LogP) is 1.97. The average Bonchev–Trinajstić information content (AvgIpc) is 2.53. The van der Waals surface area contributed by atoms with Crippen molar-refractivity contribution in [3.63, 3.8) is 0 Å². The number of anilines is 1. The van der Waals surface area contributed by atoms with Crippen molar-refractivity contribution >= 4 is 17.5 Å². The Balaban J connectivity index is 2.24. The highest BCUT2D eigenvalue weighted by Crippen LogP contribution is 2.10. The van der Waals surface area contributed by atoms with Crippen molar-refractivity contribution in [2.24, 2.45) is 0 Å². The summed E-state index contributed by atoms with van der Waals surface area (Å²) in [6, 6.07) is 9.08. The first-order valence-electron chi connectivity index (χ1n) is 7.35. The molecule has 0 aliphatic rings. The van der Waals surface area contributed by atoms with Gasteiger partial charge in [0.2, 0.25) is 0 Å². The first-order valence-corrected chi connectivity index (χ1v) is 7.35. The van der Waals surface area contributed by atoms with Crippen LogP contribution in [0.4, 0.5) is 5.69 Å². The van der Waals surface area contributed by atoms with E-state index in [4.69, 9.17) is 4.74 Å². The molecular formula is C16H24N2O3. The minimum atomic E-state index is -0.588. The molecule has 0 aromatic heterocycles. The molecule has 0 aliphatic carbocycles. The Morgan fingerprint density at radius 1 is 1.14 bits per heavy atom. The molecular weight excluding hydrogens is 268 g/mol. The summed E-state index contributed by atoms with van der Waals surface area (Å²) >= 11 is 0. The zero-order chi connectivity index (χ0) is 15.5. The lowest BCUT2D eigenvalue weighted by molar-refractivity contribution is -0.137. The van der Waals surface area contributed by atoms with Crippen LogP contribution in [0.3, 0.4) is 0 Å². The van der Waals surface area contributed by atoms with Crippen molar-refractivity contribution in [2.45, 2.75) is 26.2 Å². The van der Waals surface area contributed by atoms with Gasteiger partial charge < -0.3 is 15.0 Å². The van der Waals surface area contributed by atoms with E-state index in [1.54, 1.807) is 19.2 Å². The average molecular weight is 292 g/mol. The Morgan fingerprint density at radius 2 is 1.81 bits per heavy atom. The number of para-hydroxylation sites is 1. The van der Waals surface area contributed by atoms with Crippen molar-refractivity contribution in [3.05, 3.63) is 30.3 Å². The fourth-order valence-corrected chi connectivity index (χ4v) is 1.72. The van der Waals surface area contributed by atoms with Crippen LogP contribution in [0.2, 0.25) is 0 Å². The second kappa shape index (κ2) is 9.94. The Kier molecular flexibility index (Phi) is 8.12. The molecule has 2 amide bonds. The maximum absolute atomic E-state index is 11.9. The number of benzene rings is 1. The monoisotopic (exact) mass is 292 g/mol. The number of rotatable bonds is 8. The summed E-state index contributed by atoms with van der Waals surface area (Å²) in [6.45, 7) is 3.90. The number of hydrogen-bond acceptors (Lipinski definition) is 3. The first kappa shape index (κ1) is 17.2. The topological polar surface area (TPSA) is 58.6 Å². The van der Waals surface area contributed by atoms with Crippen LogP contribution in [0, 0.1) is 0 Å². The molecule has 0 spiro atoms. The lowest BCUT2D eigenvalue weighted by Gasteiger charge is -2.16. The minimum Gasteiger partial charge on any atom is -0.381 e. The summed E-state index contributed by atoms with van der Waals surface area (Å²) in [6.07, 6.45) is 2.86. The van der Waals surface area contributed by atoms with E-state index >= 15 is 0 Å². The third kappa shape index (κ3) is 6.40. The Bertz CT molecular complexity index is 434. The lowest BCUT2D eigenvalue weighted by atomic mass is 10.3. The van der Waals surface area contributed by atoms with E-state index in [2.05, 4.69) is 12.2 Å². The van der Waals surface area contributed by atoms with E-state index in [1.807, 2.05) is 18.2 Å². The summed E-state index contributed by atoms with van der Waals surface area (Å²) in [5.74, 6) is -1.15. The molecule has 0 radical (unpaired) electrons. The number of carbonyl (C=O) groups is 2. The number of hydrogen-bond donors (Lipinski definition) is 1. The van der Waals surface area contributed by atoms with Gasteiger partial charge in [0, 0.05) is 32.5 Å². The Labute approximate surface area is 126 Å². The van der Waals surface area contributed by atoms with Gasteiger partial charge in [0.05, 0.1) is 0 Å². The van der Waals surface area contributed by atoms with Crippen molar-refractivity contribution in [3.8, 4) is 0 Å². The zero-order valence-corrected chi connectivity index (χ0v) is 12.8. The maximum Gasteiger partial charge on any atom is 0.316 e. The molecule has 1 N–H and O–H groups in total. The van der Waals surface area contributed by atoms with Gasteiger partial charge >= 0.3 is 11.8 Å². The van der Waals surface area contributed by atoms with Gasteiger partial charge in [0.15, 0.2) is 0 Å². The first-order chi connectivity index (χ1) is 10.2. The Morgan fingerprint density at radius 3 is 2.48 bits per heavy atom. The second-order valence-electron chi connectivity index (χ2n) is 4.78. The van der Waals surface area contributed by atoms with Crippen LogP contribution in [0.5, 0.6) is 0 Å². The quantitative estimate of drug-likeness (QED) is 0.589. The van der Waals surface area contributed by atoms with Crippen molar-refractivity contribution in [1.82, 2.24) is 5.32 Å². The Hall–Kier alpha value is -1.88. The van der Waals surface area contributed by atoms with Crippen LogP contribution >= 0.6 is 0 Å². The normalized spacial score (nSPS) is 10.2. The molecule has 0 fully saturated rings. The summed E-state index contributed by atoms with van der Waals surface area (Å²) < 4.78 is 5.39. The molecule has 0 saturated heterocycles. The highest BCUT2D eigenvalue weighted by molar-refractivity contribution is 6.40. The SMILES string of the molecule is CCCCOCCCNC(=O)C(=O)N(C)c1ccccc1. The van der Waals surface area contributed by atoms with E-state index < -0.39 is 11.8 Å². The number of unbranched alkanes of at least 4 members (excludes halogenated alkanes) is 1. The molecule has 0 atom stereocenters. The second-order valence-corrected chi connectivity index (χ2v) is 4.78. The highest BCUT2D eigenvalue weighted by atomic mass is 16.5. The van der Waals surface area contributed by atoms with Crippen LogP contribution in [0.15, 0.2) is 30.3 Å². The molecule has 21 heavy (non-hydrogen) atoms. The van der Waals surface area contributed by atoms with E-state index in [-0.39, 0.29) is 0 Å². The molecule has 0 heterocycles. The standard InChI is InChI=1S/C16H24N2O3/c1-3-4-12-21-13-8-11-17-15(19)16(20)18(2)14-9-6-5-7-10-14/h5-7,9-10H,3-4,8,11-13H2,1-2H3,(H,17,19). The molecule has 0 saturated carbocycles. The fourth-order valence-electron chi connectivity index (χ4n) is 1.72. The van der Waals surface area contributed by atoms with Crippen molar-refractivity contribution in [1.29, 1.82) is 0 Å². The van der Waals surface area contributed by atoms with Crippen LogP contribution in [0.25, 0.3) is 0 Å². The van der Waals surface area contributed by atoms with Crippen molar-refractivity contribution in [2.75, 3.05) is 31.7 Å². The van der Waals surface area contributed by atoms with E-state index in [0.29, 0.717) is 25.3 Å². The van der Waals surface area contributed by atoms with Crippen LogP contribution < -0.4 is 10.2 Å². The van der Waals surface area contributed by atoms with Gasteiger partial charge in [-0.15, -0.1) is 0 Å². The molecule has 5 nitrogen and oxygen atoms in total. The molecule has 1 aromatic rings. The van der Waals surface area contributed by atoms with Crippen LogP contribution in [0.1, 0.15) is 26.2 Å².